The van der Waals surface area contributed by atoms with Gasteiger partial charge in [-0.2, -0.15) is 0 Å². The van der Waals surface area contributed by atoms with E-state index in [-0.39, 0.29) is 17.7 Å². The molecule has 4 nitrogen and oxygen atoms in total. The zero-order chi connectivity index (χ0) is 11.0. The first-order valence-corrected chi connectivity index (χ1v) is 5.11. The molecule has 0 bridgehead atoms. The maximum Gasteiger partial charge on any atom is 0.220 e. The van der Waals surface area contributed by atoms with E-state index in [2.05, 4.69) is 11.9 Å². The summed E-state index contributed by atoms with van der Waals surface area (Å²) in [6.45, 7) is 2.07. The van der Waals surface area contributed by atoms with Gasteiger partial charge in [-0.25, -0.2) is 0 Å². The van der Waals surface area contributed by atoms with Crippen LogP contribution in [-0.4, -0.2) is 10.9 Å². The Morgan fingerprint density at radius 2 is 2.33 bits per heavy atom. The lowest BCUT2D eigenvalue weighted by atomic mass is 9.80. The molecule has 0 saturated carbocycles. The number of anilines is 1. The van der Waals surface area contributed by atoms with E-state index in [1.165, 1.54) is 0 Å². The number of nitrogens with zero attached hydrogens (tertiary/aromatic N) is 1. The molecule has 4 N–H and O–H groups in total. The molecule has 1 amide bonds. The van der Waals surface area contributed by atoms with E-state index >= 15 is 0 Å². The van der Waals surface area contributed by atoms with Crippen LogP contribution in [0.2, 0.25) is 0 Å². The smallest absolute Gasteiger partial charge is 0.220 e. The molecule has 2 atom stereocenters. The van der Waals surface area contributed by atoms with Crippen LogP contribution in [0.5, 0.6) is 0 Å². The Bertz CT molecular complexity index is 403. The lowest BCUT2D eigenvalue weighted by Gasteiger charge is -2.26. The zero-order valence-electron chi connectivity index (χ0n) is 8.73. The van der Waals surface area contributed by atoms with Crippen molar-refractivity contribution < 1.29 is 4.79 Å². The molecule has 1 aliphatic carbocycles. The highest BCUT2D eigenvalue weighted by atomic mass is 16.1. The van der Waals surface area contributed by atoms with E-state index < -0.39 is 0 Å². The number of aromatic nitrogens is 1. The van der Waals surface area contributed by atoms with Crippen molar-refractivity contribution in [3.8, 4) is 0 Å². The molecule has 0 radical (unpaired) electrons. The molecule has 0 fully saturated rings. The first kappa shape index (κ1) is 9.96. The second kappa shape index (κ2) is 3.53. The summed E-state index contributed by atoms with van der Waals surface area (Å²) < 4.78 is 0. The fourth-order valence-corrected chi connectivity index (χ4v) is 2.25. The number of nitrogen functional groups attached to an aromatic ring is 1. The van der Waals surface area contributed by atoms with E-state index in [0.29, 0.717) is 12.1 Å². The molecule has 0 saturated heterocycles. The lowest BCUT2D eigenvalue weighted by Crippen LogP contribution is -2.30. The standard InChI is InChI=1S/C11H15N3O/c1-6-2-8(11(13)15)3-7-4-9(12)5-14-10(6)7/h4-6,8H,2-3,12H2,1H3,(H2,13,15). The van der Waals surface area contributed by atoms with E-state index in [9.17, 15) is 4.79 Å². The van der Waals surface area contributed by atoms with Gasteiger partial charge in [0.2, 0.25) is 5.91 Å². The number of carbonyl (C=O) groups is 1. The van der Waals surface area contributed by atoms with Crippen LogP contribution in [0.25, 0.3) is 0 Å². The van der Waals surface area contributed by atoms with Crippen molar-refractivity contribution in [1.29, 1.82) is 0 Å². The van der Waals surface area contributed by atoms with Crippen molar-refractivity contribution in [3.05, 3.63) is 23.5 Å². The lowest BCUT2D eigenvalue weighted by molar-refractivity contribution is -0.122. The normalized spacial score (nSPS) is 24.6. The van der Waals surface area contributed by atoms with Gasteiger partial charge in [0.05, 0.1) is 11.9 Å². The SMILES string of the molecule is CC1CC(C(N)=O)Cc2cc(N)cnc21. The van der Waals surface area contributed by atoms with Gasteiger partial charge in [0, 0.05) is 11.6 Å². The highest BCUT2D eigenvalue weighted by Gasteiger charge is 2.28. The second-order valence-corrected chi connectivity index (χ2v) is 4.25. The molecule has 0 spiro atoms. The molecule has 1 heterocycles. The van der Waals surface area contributed by atoms with Gasteiger partial charge >= 0.3 is 0 Å². The third kappa shape index (κ3) is 1.79. The summed E-state index contributed by atoms with van der Waals surface area (Å²) in [5.41, 5.74) is 13.8. The number of nitrogens with two attached hydrogens (primary N) is 2. The summed E-state index contributed by atoms with van der Waals surface area (Å²) in [7, 11) is 0. The number of rotatable bonds is 1. The van der Waals surface area contributed by atoms with Gasteiger partial charge in [-0.3, -0.25) is 9.78 Å². The van der Waals surface area contributed by atoms with Crippen molar-refractivity contribution in [3.63, 3.8) is 0 Å². The molecule has 4 heteroatoms. The van der Waals surface area contributed by atoms with E-state index in [0.717, 1.165) is 17.7 Å². The van der Waals surface area contributed by atoms with Crippen molar-refractivity contribution >= 4 is 11.6 Å². The molecule has 2 unspecified atom stereocenters. The number of fused-ring (bicyclic) bond motifs is 1. The summed E-state index contributed by atoms with van der Waals surface area (Å²) in [6, 6.07) is 1.90. The summed E-state index contributed by atoms with van der Waals surface area (Å²) >= 11 is 0. The van der Waals surface area contributed by atoms with E-state index in [1.807, 2.05) is 6.07 Å². The molecule has 80 valence electrons. The van der Waals surface area contributed by atoms with Crippen LogP contribution in [0.1, 0.15) is 30.5 Å². The fraction of sp³-hybridized carbons (Fsp3) is 0.455. The predicted molar refractivity (Wildman–Crippen MR) is 58.1 cm³/mol. The quantitative estimate of drug-likeness (QED) is 0.712. The minimum absolute atomic E-state index is 0.0731. The van der Waals surface area contributed by atoms with Crippen molar-refractivity contribution in [2.45, 2.75) is 25.7 Å². The maximum absolute atomic E-state index is 11.2. The molecule has 15 heavy (non-hydrogen) atoms. The van der Waals surface area contributed by atoms with Crippen LogP contribution in [-0.2, 0) is 11.2 Å². The molecule has 0 aromatic carbocycles. The number of hydrogen-bond donors (Lipinski definition) is 2. The van der Waals surface area contributed by atoms with Crippen molar-refractivity contribution in [2.75, 3.05) is 5.73 Å². The van der Waals surface area contributed by atoms with Gasteiger partial charge < -0.3 is 11.5 Å². The van der Waals surface area contributed by atoms with E-state index in [1.54, 1.807) is 6.20 Å². The number of primary amides is 1. The Labute approximate surface area is 88.7 Å². The topological polar surface area (TPSA) is 82.0 Å². The monoisotopic (exact) mass is 205 g/mol. The Balaban J connectivity index is 2.37. The summed E-state index contributed by atoms with van der Waals surface area (Å²) in [5, 5.41) is 0. The summed E-state index contributed by atoms with van der Waals surface area (Å²) in [4.78, 5) is 15.5. The largest absolute Gasteiger partial charge is 0.397 e. The molecule has 1 aromatic rings. The van der Waals surface area contributed by atoms with Crippen molar-refractivity contribution in [1.82, 2.24) is 4.98 Å². The summed E-state index contributed by atoms with van der Waals surface area (Å²) in [6.07, 6.45) is 3.13. The predicted octanol–water partition coefficient (Wildman–Crippen LogP) is 0.815. The van der Waals surface area contributed by atoms with Gasteiger partial charge in [-0.1, -0.05) is 6.92 Å². The van der Waals surface area contributed by atoms with Gasteiger partial charge in [0.1, 0.15) is 0 Å². The Hall–Kier alpha value is -1.58. The zero-order valence-corrected chi connectivity index (χ0v) is 8.73. The summed E-state index contributed by atoms with van der Waals surface area (Å²) in [5.74, 6) is -0.0159. The minimum Gasteiger partial charge on any atom is -0.397 e. The molecule has 2 rings (SSSR count). The second-order valence-electron chi connectivity index (χ2n) is 4.25. The molecular weight excluding hydrogens is 190 g/mol. The average Bonchev–Trinajstić information content (AvgIpc) is 2.16. The van der Waals surface area contributed by atoms with Crippen LogP contribution in [0, 0.1) is 5.92 Å². The average molecular weight is 205 g/mol. The maximum atomic E-state index is 11.2. The molecular formula is C11H15N3O. The van der Waals surface area contributed by atoms with Crippen LogP contribution in [0.3, 0.4) is 0 Å². The Kier molecular flexibility index (Phi) is 2.34. The fourth-order valence-electron chi connectivity index (χ4n) is 2.25. The number of amides is 1. The van der Waals surface area contributed by atoms with Gasteiger partial charge in [-0.15, -0.1) is 0 Å². The van der Waals surface area contributed by atoms with Crippen LogP contribution < -0.4 is 11.5 Å². The van der Waals surface area contributed by atoms with Crippen molar-refractivity contribution in [2.24, 2.45) is 11.7 Å². The van der Waals surface area contributed by atoms with E-state index in [4.69, 9.17) is 11.5 Å². The first-order valence-electron chi connectivity index (χ1n) is 5.11. The number of hydrogen-bond acceptors (Lipinski definition) is 3. The molecule has 0 aliphatic heterocycles. The van der Waals surface area contributed by atoms with Gasteiger partial charge in [0.15, 0.2) is 0 Å². The Morgan fingerprint density at radius 1 is 1.60 bits per heavy atom. The van der Waals surface area contributed by atoms with Crippen LogP contribution in [0.15, 0.2) is 12.3 Å². The van der Waals surface area contributed by atoms with Gasteiger partial charge in [0.25, 0.3) is 0 Å². The third-order valence-corrected chi connectivity index (χ3v) is 3.00. The first-order chi connectivity index (χ1) is 7.08. The highest BCUT2D eigenvalue weighted by molar-refractivity contribution is 5.77. The molecule has 1 aliphatic rings. The number of pyridine rings is 1. The minimum atomic E-state index is -0.227. The molecule has 1 aromatic heterocycles. The van der Waals surface area contributed by atoms with Gasteiger partial charge in [-0.05, 0) is 30.4 Å². The number of carbonyl (C=O) groups excluding carboxylic acids is 1. The highest BCUT2D eigenvalue weighted by Crippen LogP contribution is 2.33. The third-order valence-electron chi connectivity index (χ3n) is 3.00. The van der Waals surface area contributed by atoms with Crippen LogP contribution >= 0.6 is 0 Å². The van der Waals surface area contributed by atoms with Crippen LogP contribution in [0.4, 0.5) is 5.69 Å². The Morgan fingerprint density at radius 3 is 3.00 bits per heavy atom.